The molecule has 3 heteroatoms. The van der Waals surface area contributed by atoms with Crippen LogP contribution in [0, 0.1) is 5.82 Å². The predicted molar refractivity (Wildman–Crippen MR) is 87.5 cm³/mol. The molecule has 0 saturated heterocycles. The van der Waals surface area contributed by atoms with E-state index in [0.717, 1.165) is 30.1 Å². The zero-order chi connectivity index (χ0) is 15.1. The maximum atomic E-state index is 13.9. The summed E-state index contributed by atoms with van der Waals surface area (Å²) in [5.41, 5.74) is 1.95. The monoisotopic (exact) mass is 305 g/mol. The fourth-order valence-electron chi connectivity index (χ4n) is 2.43. The molecule has 0 aromatic heterocycles. The van der Waals surface area contributed by atoms with Gasteiger partial charge in [0.25, 0.3) is 0 Å². The van der Waals surface area contributed by atoms with E-state index in [0.29, 0.717) is 6.42 Å². The van der Waals surface area contributed by atoms with Crippen LogP contribution in [-0.2, 0) is 6.42 Å². The Morgan fingerprint density at radius 3 is 2.48 bits per heavy atom. The minimum absolute atomic E-state index is 0.132. The van der Waals surface area contributed by atoms with E-state index in [-0.39, 0.29) is 11.7 Å². The number of hydrogen-bond acceptors (Lipinski definition) is 1. The van der Waals surface area contributed by atoms with Gasteiger partial charge in [0.15, 0.2) is 0 Å². The van der Waals surface area contributed by atoms with Crippen LogP contribution in [0.15, 0.2) is 48.5 Å². The van der Waals surface area contributed by atoms with Crippen molar-refractivity contribution in [3.8, 4) is 0 Å². The largest absolute Gasteiger partial charge is 0.316 e. The van der Waals surface area contributed by atoms with Crippen LogP contribution in [0.2, 0.25) is 5.02 Å². The number of rotatable bonds is 7. The summed E-state index contributed by atoms with van der Waals surface area (Å²) in [5, 5.41) is 4.16. The van der Waals surface area contributed by atoms with Gasteiger partial charge in [-0.05, 0) is 48.7 Å². The minimum atomic E-state index is -0.132. The number of nitrogens with one attached hydrogen (secondary N) is 1. The van der Waals surface area contributed by atoms with Crippen molar-refractivity contribution in [3.05, 3.63) is 70.5 Å². The van der Waals surface area contributed by atoms with Crippen LogP contribution < -0.4 is 5.32 Å². The molecule has 0 aliphatic heterocycles. The van der Waals surface area contributed by atoms with E-state index >= 15 is 0 Å². The van der Waals surface area contributed by atoms with Crippen molar-refractivity contribution in [1.29, 1.82) is 0 Å². The molecule has 21 heavy (non-hydrogen) atoms. The topological polar surface area (TPSA) is 12.0 Å². The highest BCUT2D eigenvalue weighted by atomic mass is 35.5. The molecule has 1 unspecified atom stereocenters. The molecule has 0 fully saturated rings. The Bertz CT molecular complexity index is 553. The van der Waals surface area contributed by atoms with Crippen LogP contribution in [0.25, 0.3) is 0 Å². The maximum absolute atomic E-state index is 13.9. The molecule has 0 radical (unpaired) electrons. The molecule has 0 heterocycles. The summed E-state index contributed by atoms with van der Waals surface area (Å²) in [4.78, 5) is 0. The Kier molecular flexibility index (Phi) is 6.21. The number of halogens is 2. The van der Waals surface area contributed by atoms with E-state index in [9.17, 15) is 4.39 Å². The Morgan fingerprint density at radius 2 is 1.81 bits per heavy atom. The minimum Gasteiger partial charge on any atom is -0.316 e. The zero-order valence-corrected chi connectivity index (χ0v) is 13.0. The summed E-state index contributed by atoms with van der Waals surface area (Å²) in [6, 6.07) is 14.8. The molecule has 1 atom stereocenters. The van der Waals surface area contributed by atoms with Crippen LogP contribution in [0.5, 0.6) is 0 Å². The smallest absolute Gasteiger partial charge is 0.126 e. The molecule has 0 saturated carbocycles. The second-order valence-corrected chi connectivity index (χ2v) is 5.68. The first-order valence-corrected chi connectivity index (χ1v) is 7.78. The van der Waals surface area contributed by atoms with Gasteiger partial charge < -0.3 is 5.32 Å². The highest BCUT2D eigenvalue weighted by Gasteiger charge is 2.14. The molecule has 0 amide bonds. The summed E-state index contributed by atoms with van der Waals surface area (Å²) in [6.07, 6.45) is 1.78. The van der Waals surface area contributed by atoms with E-state index in [1.807, 2.05) is 36.4 Å². The SMILES string of the molecule is CCCNCC(Cc1ccccc1F)c1ccc(Cl)cc1. The van der Waals surface area contributed by atoms with Crippen molar-refractivity contribution in [2.24, 2.45) is 0 Å². The fraction of sp³-hybridized carbons (Fsp3) is 0.333. The summed E-state index contributed by atoms with van der Waals surface area (Å²) < 4.78 is 13.9. The molecule has 1 N–H and O–H groups in total. The standard InChI is InChI=1S/C18H21ClFN/c1-2-11-21-13-16(14-7-9-17(19)10-8-14)12-15-5-3-4-6-18(15)20/h3-10,16,21H,2,11-13H2,1H3. The van der Waals surface area contributed by atoms with Crippen molar-refractivity contribution in [3.63, 3.8) is 0 Å². The summed E-state index contributed by atoms with van der Waals surface area (Å²) in [5.74, 6) is 0.109. The van der Waals surface area contributed by atoms with Crippen LogP contribution in [0.1, 0.15) is 30.4 Å². The summed E-state index contributed by atoms with van der Waals surface area (Å²) in [7, 11) is 0. The normalized spacial score (nSPS) is 12.3. The summed E-state index contributed by atoms with van der Waals surface area (Å²) >= 11 is 5.95. The maximum Gasteiger partial charge on any atom is 0.126 e. The van der Waals surface area contributed by atoms with Gasteiger partial charge in [-0.25, -0.2) is 4.39 Å². The van der Waals surface area contributed by atoms with Crippen LogP contribution >= 0.6 is 11.6 Å². The average molecular weight is 306 g/mol. The lowest BCUT2D eigenvalue weighted by Gasteiger charge is -2.19. The Morgan fingerprint density at radius 1 is 1.10 bits per heavy atom. The zero-order valence-electron chi connectivity index (χ0n) is 12.3. The Hall–Kier alpha value is -1.38. The molecule has 112 valence electrons. The third-order valence-corrected chi connectivity index (χ3v) is 3.84. The van der Waals surface area contributed by atoms with Gasteiger partial charge >= 0.3 is 0 Å². The molecule has 0 aliphatic rings. The van der Waals surface area contributed by atoms with Gasteiger partial charge in [-0.1, -0.05) is 48.9 Å². The first-order valence-electron chi connectivity index (χ1n) is 7.40. The highest BCUT2D eigenvalue weighted by Crippen LogP contribution is 2.23. The van der Waals surface area contributed by atoms with Gasteiger partial charge in [0, 0.05) is 17.5 Å². The molecular formula is C18H21ClFN. The van der Waals surface area contributed by atoms with E-state index in [2.05, 4.69) is 12.2 Å². The van der Waals surface area contributed by atoms with Gasteiger partial charge in [0.1, 0.15) is 5.82 Å². The van der Waals surface area contributed by atoms with Crippen molar-refractivity contribution in [2.45, 2.75) is 25.7 Å². The number of benzene rings is 2. The quantitative estimate of drug-likeness (QED) is 0.724. The fourth-order valence-corrected chi connectivity index (χ4v) is 2.55. The third kappa shape index (κ3) is 4.83. The van der Waals surface area contributed by atoms with Crippen LogP contribution in [0.4, 0.5) is 4.39 Å². The lowest BCUT2D eigenvalue weighted by atomic mass is 9.91. The molecule has 2 rings (SSSR count). The van der Waals surface area contributed by atoms with Crippen molar-refractivity contribution in [1.82, 2.24) is 5.32 Å². The average Bonchev–Trinajstić information content (AvgIpc) is 2.49. The predicted octanol–water partition coefficient (Wildman–Crippen LogP) is 4.81. The van der Waals surface area contributed by atoms with Gasteiger partial charge in [0.05, 0.1) is 0 Å². The van der Waals surface area contributed by atoms with Gasteiger partial charge in [0.2, 0.25) is 0 Å². The second kappa shape index (κ2) is 8.16. The van der Waals surface area contributed by atoms with Crippen molar-refractivity contribution >= 4 is 11.6 Å². The van der Waals surface area contributed by atoms with Gasteiger partial charge in [-0.2, -0.15) is 0 Å². The lowest BCUT2D eigenvalue weighted by Crippen LogP contribution is -2.24. The molecular weight excluding hydrogens is 285 g/mol. The van der Waals surface area contributed by atoms with E-state index in [1.54, 1.807) is 6.07 Å². The number of hydrogen-bond donors (Lipinski definition) is 1. The van der Waals surface area contributed by atoms with E-state index < -0.39 is 0 Å². The van der Waals surface area contributed by atoms with Crippen molar-refractivity contribution in [2.75, 3.05) is 13.1 Å². The van der Waals surface area contributed by atoms with Crippen LogP contribution in [0.3, 0.4) is 0 Å². The molecule has 0 bridgehead atoms. The Balaban J connectivity index is 2.15. The van der Waals surface area contributed by atoms with Gasteiger partial charge in [-0.3, -0.25) is 0 Å². The lowest BCUT2D eigenvalue weighted by molar-refractivity contribution is 0.553. The van der Waals surface area contributed by atoms with E-state index in [4.69, 9.17) is 11.6 Å². The van der Waals surface area contributed by atoms with E-state index in [1.165, 1.54) is 11.6 Å². The second-order valence-electron chi connectivity index (χ2n) is 5.25. The third-order valence-electron chi connectivity index (χ3n) is 3.58. The molecule has 2 aromatic carbocycles. The van der Waals surface area contributed by atoms with Gasteiger partial charge in [-0.15, -0.1) is 0 Å². The first kappa shape index (κ1) is 16.0. The Labute approximate surface area is 131 Å². The highest BCUT2D eigenvalue weighted by molar-refractivity contribution is 6.30. The van der Waals surface area contributed by atoms with Crippen molar-refractivity contribution < 1.29 is 4.39 Å². The molecule has 0 aliphatic carbocycles. The first-order chi connectivity index (χ1) is 10.2. The molecule has 2 aromatic rings. The summed E-state index contributed by atoms with van der Waals surface area (Å²) in [6.45, 7) is 3.95. The molecule has 1 nitrogen and oxygen atoms in total. The molecule has 0 spiro atoms. The van der Waals surface area contributed by atoms with Crippen LogP contribution in [-0.4, -0.2) is 13.1 Å².